The topological polar surface area (TPSA) is 49.7 Å². The highest BCUT2D eigenvalue weighted by Crippen LogP contribution is 2.16. The summed E-state index contributed by atoms with van der Waals surface area (Å²) in [5, 5.41) is 17.4. The average molecular weight is 233 g/mol. The zero-order valence-electron chi connectivity index (χ0n) is 6.27. The van der Waals surface area contributed by atoms with Crippen molar-refractivity contribution in [3.63, 3.8) is 0 Å². The highest BCUT2D eigenvalue weighted by Gasteiger charge is 2.02. The first kappa shape index (κ1) is 9.51. The van der Waals surface area contributed by atoms with Gasteiger partial charge in [0.1, 0.15) is 12.4 Å². The van der Waals surface area contributed by atoms with Crippen molar-refractivity contribution in [3.05, 3.63) is 28.7 Å². The molecule has 0 aliphatic rings. The number of rotatable bonds is 3. The molecule has 1 unspecified atom stereocenters. The Bertz CT molecular complexity index is 235. The molecule has 4 heteroatoms. The van der Waals surface area contributed by atoms with Gasteiger partial charge >= 0.3 is 0 Å². The Hall–Kier alpha value is -0.580. The molecule has 1 aromatic rings. The molecule has 0 fully saturated rings. The van der Waals surface area contributed by atoms with Crippen LogP contribution in [0.4, 0.5) is 0 Å². The number of hydrogen-bond acceptors (Lipinski definition) is 3. The fourth-order valence-electron chi connectivity index (χ4n) is 0.708. The highest BCUT2D eigenvalue weighted by molar-refractivity contribution is 9.10. The van der Waals surface area contributed by atoms with Gasteiger partial charge < -0.3 is 14.9 Å². The van der Waals surface area contributed by atoms with E-state index in [1.807, 2.05) is 0 Å². The first-order valence-electron chi connectivity index (χ1n) is 3.43. The minimum absolute atomic E-state index is 0.407. The Morgan fingerprint density at radius 1 is 1.33 bits per heavy atom. The third-order valence-electron chi connectivity index (χ3n) is 1.24. The van der Waals surface area contributed by atoms with Crippen LogP contribution in [-0.4, -0.2) is 23.1 Å². The van der Waals surface area contributed by atoms with Crippen LogP contribution in [0.3, 0.4) is 0 Å². The molecule has 0 radical (unpaired) electrons. The summed E-state index contributed by atoms with van der Waals surface area (Å²) in [6, 6.07) is 6.98. The van der Waals surface area contributed by atoms with Crippen molar-refractivity contribution in [2.24, 2.45) is 0 Å². The summed E-state index contributed by atoms with van der Waals surface area (Å²) in [4.78, 5) is 0. The molecule has 0 saturated heterocycles. The summed E-state index contributed by atoms with van der Waals surface area (Å²) in [6.45, 7) is -0.407. The smallest absolute Gasteiger partial charge is 0.220 e. The average Bonchev–Trinajstić information content (AvgIpc) is 2.09. The van der Waals surface area contributed by atoms with Gasteiger partial charge in [0.15, 0.2) is 0 Å². The number of halogens is 1. The minimum atomic E-state index is -1.15. The lowest BCUT2D eigenvalue weighted by atomic mass is 10.3. The van der Waals surface area contributed by atoms with Crippen molar-refractivity contribution < 1.29 is 14.9 Å². The van der Waals surface area contributed by atoms with E-state index in [1.54, 1.807) is 24.3 Å². The molecule has 2 N–H and O–H groups in total. The quantitative estimate of drug-likeness (QED) is 0.769. The maximum absolute atomic E-state index is 8.90. The van der Waals surface area contributed by atoms with Gasteiger partial charge in [-0.25, -0.2) is 0 Å². The number of aliphatic hydroxyl groups is 2. The van der Waals surface area contributed by atoms with E-state index in [1.165, 1.54) is 0 Å². The molecule has 0 amide bonds. The summed E-state index contributed by atoms with van der Waals surface area (Å²) in [5.74, 6) is 0.528. The monoisotopic (exact) mass is 232 g/mol. The zero-order valence-corrected chi connectivity index (χ0v) is 7.86. The van der Waals surface area contributed by atoms with E-state index in [2.05, 4.69) is 15.9 Å². The zero-order chi connectivity index (χ0) is 8.97. The first-order chi connectivity index (χ1) is 5.72. The normalized spacial score (nSPS) is 12.6. The van der Waals surface area contributed by atoms with E-state index >= 15 is 0 Å². The number of aliphatic hydroxyl groups excluding tert-OH is 2. The standard InChI is InChI=1S/C8H9BrO3/c9-6-1-3-7(4-2-6)12-8(11)5-10/h1-4,8,10-11H,5H2. The second kappa shape index (κ2) is 4.45. The molecule has 0 aliphatic carbocycles. The van der Waals surface area contributed by atoms with Crippen molar-refractivity contribution in [2.75, 3.05) is 6.61 Å². The largest absolute Gasteiger partial charge is 0.463 e. The Balaban J connectivity index is 2.58. The Labute approximate surface area is 78.7 Å². The van der Waals surface area contributed by atoms with Crippen LogP contribution >= 0.6 is 15.9 Å². The maximum atomic E-state index is 8.90. The fourth-order valence-corrected chi connectivity index (χ4v) is 0.972. The van der Waals surface area contributed by atoms with Gasteiger partial charge in [-0.15, -0.1) is 0 Å². The van der Waals surface area contributed by atoms with Crippen molar-refractivity contribution >= 4 is 15.9 Å². The molecule has 0 bridgehead atoms. The molecule has 12 heavy (non-hydrogen) atoms. The first-order valence-corrected chi connectivity index (χ1v) is 4.23. The molecule has 3 nitrogen and oxygen atoms in total. The van der Waals surface area contributed by atoms with Crippen molar-refractivity contribution in [1.82, 2.24) is 0 Å². The van der Waals surface area contributed by atoms with Crippen LogP contribution in [0.2, 0.25) is 0 Å². The molecule has 0 heterocycles. The molecule has 1 atom stereocenters. The lowest BCUT2D eigenvalue weighted by molar-refractivity contribution is -0.0548. The Morgan fingerprint density at radius 2 is 1.92 bits per heavy atom. The van der Waals surface area contributed by atoms with Crippen LogP contribution in [0, 0.1) is 0 Å². The van der Waals surface area contributed by atoms with Gasteiger partial charge in [-0.2, -0.15) is 0 Å². The Kier molecular flexibility index (Phi) is 3.52. The molecule has 66 valence electrons. The molecular formula is C8H9BrO3. The van der Waals surface area contributed by atoms with Crippen LogP contribution in [0.15, 0.2) is 28.7 Å². The number of benzene rings is 1. The van der Waals surface area contributed by atoms with E-state index in [0.717, 1.165) is 4.47 Å². The van der Waals surface area contributed by atoms with Crippen LogP contribution in [0.25, 0.3) is 0 Å². The molecule has 1 aromatic carbocycles. The molecule has 0 saturated carbocycles. The second-order valence-corrected chi connectivity index (χ2v) is 3.12. The predicted octanol–water partition coefficient (Wildman–Crippen LogP) is 1.14. The maximum Gasteiger partial charge on any atom is 0.220 e. The summed E-state index contributed by atoms with van der Waals surface area (Å²) >= 11 is 3.26. The third-order valence-corrected chi connectivity index (χ3v) is 1.77. The van der Waals surface area contributed by atoms with E-state index in [9.17, 15) is 0 Å². The van der Waals surface area contributed by atoms with Crippen molar-refractivity contribution in [3.8, 4) is 5.75 Å². The van der Waals surface area contributed by atoms with Gasteiger partial charge in [-0.1, -0.05) is 15.9 Å². The number of ether oxygens (including phenoxy) is 1. The van der Waals surface area contributed by atoms with Crippen molar-refractivity contribution in [2.45, 2.75) is 6.29 Å². The van der Waals surface area contributed by atoms with Crippen molar-refractivity contribution in [1.29, 1.82) is 0 Å². The lowest BCUT2D eigenvalue weighted by Gasteiger charge is -2.09. The van der Waals surface area contributed by atoms with E-state index in [-0.39, 0.29) is 0 Å². The fraction of sp³-hybridized carbons (Fsp3) is 0.250. The summed E-state index contributed by atoms with van der Waals surface area (Å²) in [6.07, 6.45) is -1.15. The molecule has 1 rings (SSSR count). The summed E-state index contributed by atoms with van der Waals surface area (Å²) < 4.78 is 5.84. The summed E-state index contributed by atoms with van der Waals surface area (Å²) in [5.41, 5.74) is 0. The third kappa shape index (κ3) is 2.81. The molecule has 0 aliphatic heterocycles. The minimum Gasteiger partial charge on any atom is -0.463 e. The van der Waals surface area contributed by atoms with E-state index in [4.69, 9.17) is 14.9 Å². The number of hydrogen-bond donors (Lipinski definition) is 2. The SMILES string of the molecule is OCC(O)Oc1ccc(Br)cc1. The van der Waals surface area contributed by atoms with Crippen LogP contribution in [0.1, 0.15) is 0 Å². The van der Waals surface area contributed by atoms with Gasteiger partial charge in [0, 0.05) is 4.47 Å². The lowest BCUT2D eigenvalue weighted by Crippen LogP contribution is -2.19. The van der Waals surface area contributed by atoms with Crippen LogP contribution in [0.5, 0.6) is 5.75 Å². The molecule has 0 spiro atoms. The van der Waals surface area contributed by atoms with Gasteiger partial charge in [-0.3, -0.25) is 0 Å². The van der Waals surface area contributed by atoms with Crippen LogP contribution < -0.4 is 4.74 Å². The molecule has 0 aromatic heterocycles. The second-order valence-electron chi connectivity index (χ2n) is 2.21. The van der Waals surface area contributed by atoms with Gasteiger partial charge in [-0.05, 0) is 24.3 Å². The van der Waals surface area contributed by atoms with Crippen LogP contribution in [-0.2, 0) is 0 Å². The highest BCUT2D eigenvalue weighted by atomic mass is 79.9. The van der Waals surface area contributed by atoms with E-state index in [0.29, 0.717) is 5.75 Å². The Morgan fingerprint density at radius 3 is 2.42 bits per heavy atom. The predicted molar refractivity (Wildman–Crippen MR) is 47.9 cm³/mol. The van der Waals surface area contributed by atoms with E-state index < -0.39 is 12.9 Å². The van der Waals surface area contributed by atoms with Gasteiger partial charge in [0.2, 0.25) is 6.29 Å². The summed E-state index contributed by atoms with van der Waals surface area (Å²) in [7, 11) is 0. The van der Waals surface area contributed by atoms with Gasteiger partial charge in [0.05, 0.1) is 0 Å². The molecular weight excluding hydrogens is 224 g/mol. The van der Waals surface area contributed by atoms with Gasteiger partial charge in [0.25, 0.3) is 0 Å².